The quantitative estimate of drug-likeness (QED) is 0.210. The van der Waals surface area contributed by atoms with E-state index in [1.807, 2.05) is 0 Å². The van der Waals surface area contributed by atoms with E-state index in [0.29, 0.717) is 17.9 Å². The fourth-order valence-electron chi connectivity index (χ4n) is 2.11. The summed E-state index contributed by atoms with van der Waals surface area (Å²) in [5.41, 5.74) is 0.524. The van der Waals surface area contributed by atoms with Gasteiger partial charge in [0.2, 0.25) is 0 Å². The third-order valence-electron chi connectivity index (χ3n) is 3.26. The van der Waals surface area contributed by atoms with Crippen LogP contribution in [0.4, 0.5) is 17.1 Å². The van der Waals surface area contributed by atoms with Gasteiger partial charge in [-0.1, -0.05) is 6.08 Å². The van der Waals surface area contributed by atoms with E-state index in [1.165, 1.54) is 17.0 Å². The smallest absolute Gasteiger partial charge is 0.294 e. The fourth-order valence-corrected chi connectivity index (χ4v) is 2.11. The highest BCUT2D eigenvalue weighted by Crippen LogP contribution is 2.30. The first kappa shape index (κ1) is 19.8. The molecular formula is C15H23N3O6. The molecule has 0 aliphatic heterocycles. The Balaban J connectivity index is 3.13. The Morgan fingerprint density at radius 2 is 1.83 bits per heavy atom. The molecule has 0 fully saturated rings. The molecule has 0 spiro atoms. The Bertz CT molecular complexity index is 542. The van der Waals surface area contributed by atoms with E-state index in [1.54, 1.807) is 12.1 Å². The second kappa shape index (κ2) is 9.83. The number of aliphatic hydroxyl groups is 4. The second-order valence-corrected chi connectivity index (χ2v) is 5.21. The predicted octanol–water partition coefficient (Wildman–Crippen LogP) is -0.294. The summed E-state index contributed by atoms with van der Waals surface area (Å²) in [5.74, 6) is 0. The van der Waals surface area contributed by atoms with E-state index in [-0.39, 0.29) is 18.8 Å². The molecule has 1 aromatic carbocycles. The minimum atomic E-state index is -1.09. The number of benzene rings is 1. The summed E-state index contributed by atoms with van der Waals surface area (Å²) in [6.07, 6.45) is -0.610. The molecule has 0 heterocycles. The van der Waals surface area contributed by atoms with E-state index in [9.17, 15) is 20.3 Å². The molecule has 2 unspecified atom stereocenters. The minimum absolute atomic E-state index is 0.0514. The van der Waals surface area contributed by atoms with Crippen LogP contribution in [0.15, 0.2) is 30.9 Å². The molecule has 0 amide bonds. The van der Waals surface area contributed by atoms with Gasteiger partial charge in [0.15, 0.2) is 0 Å². The Kier molecular flexibility index (Phi) is 8.13. The zero-order valence-electron chi connectivity index (χ0n) is 13.2. The van der Waals surface area contributed by atoms with Gasteiger partial charge < -0.3 is 30.6 Å². The highest BCUT2D eigenvalue weighted by atomic mass is 16.6. The van der Waals surface area contributed by atoms with Gasteiger partial charge in [0.05, 0.1) is 30.3 Å². The van der Waals surface area contributed by atoms with Crippen molar-refractivity contribution in [2.75, 3.05) is 43.1 Å². The van der Waals surface area contributed by atoms with Gasteiger partial charge in [0.1, 0.15) is 5.69 Å². The average Bonchev–Trinajstić information content (AvgIpc) is 2.58. The van der Waals surface area contributed by atoms with Crippen molar-refractivity contribution in [2.24, 2.45) is 0 Å². The SMILES string of the molecule is C=CCNc1ccc(N(CC(O)CO)CC(O)CO)cc1[N+](=O)[O-]. The van der Waals surface area contributed by atoms with Crippen LogP contribution in [-0.4, -0.2) is 70.4 Å². The summed E-state index contributed by atoms with van der Waals surface area (Å²) in [4.78, 5) is 12.2. The number of nitrogens with zero attached hydrogens (tertiary/aromatic N) is 2. The summed E-state index contributed by atoms with van der Waals surface area (Å²) < 4.78 is 0. The number of aliphatic hydroxyl groups excluding tert-OH is 4. The van der Waals surface area contributed by atoms with Crippen LogP contribution in [0.1, 0.15) is 0 Å². The van der Waals surface area contributed by atoms with Gasteiger partial charge in [-0.05, 0) is 12.1 Å². The van der Waals surface area contributed by atoms with E-state index in [0.717, 1.165) is 0 Å². The maximum atomic E-state index is 11.3. The highest BCUT2D eigenvalue weighted by molar-refractivity contribution is 5.68. The zero-order valence-corrected chi connectivity index (χ0v) is 13.2. The molecule has 0 bridgehead atoms. The molecule has 0 radical (unpaired) electrons. The van der Waals surface area contributed by atoms with E-state index >= 15 is 0 Å². The summed E-state index contributed by atoms with van der Waals surface area (Å²) in [6, 6.07) is 4.41. The van der Waals surface area contributed by atoms with Gasteiger partial charge in [-0.3, -0.25) is 10.1 Å². The molecule has 5 N–H and O–H groups in total. The van der Waals surface area contributed by atoms with Crippen molar-refractivity contribution in [1.82, 2.24) is 0 Å². The molecular weight excluding hydrogens is 318 g/mol. The van der Waals surface area contributed by atoms with E-state index < -0.39 is 30.3 Å². The summed E-state index contributed by atoms with van der Waals surface area (Å²) in [7, 11) is 0. The molecule has 2 atom stereocenters. The van der Waals surface area contributed by atoms with Crippen LogP contribution in [0.3, 0.4) is 0 Å². The molecule has 1 rings (SSSR count). The lowest BCUT2D eigenvalue weighted by atomic mass is 10.2. The number of nitro benzene ring substituents is 1. The topological polar surface area (TPSA) is 139 Å². The van der Waals surface area contributed by atoms with Gasteiger partial charge in [-0.15, -0.1) is 6.58 Å². The zero-order chi connectivity index (χ0) is 18.1. The summed E-state index contributed by atoms with van der Waals surface area (Å²) in [5, 5.41) is 51.4. The second-order valence-electron chi connectivity index (χ2n) is 5.21. The van der Waals surface area contributed by atoms with Crippen LogP contribution >= 0.6 is 0 Å². The van der Waals surface area contributed by atoms with Crippen LogP contribution in [0.2, 0.25) is 0 Å². The van der Waals surface area contributed by atoms with Gasteiger partial charge in [-0.2, -0.15) is 0 Å². The Morgan fingerprint density at radius 1 is 1.25 bits per heavy atom. The van der Waals surface area contributed by atoms with Crippen molar-refractivity contribution in [2.45, 2.75) is 12.2 Å². The number of anilines is 2. The lowest BCUT2D eigenvalue weighted by Gasteiger charge is -2.28. The maximum Gasteiger partial charge on any atom is 0.294 e. The van der Waals surface area contributed by atoms with Gasteiger partial charge in [0, 0.05) is 31.4 Å². The van der Waals surface area contributed by atoms with Crippen LogP contribution in [-0.2, 0) is 0 Å². The number of hydrogen-bond donors (Lipinski definition) is 5. The van der Waals surface area contributed by atoms with Crippen molar-refractivity contribution >= 4 is 17.1 Å². The third kappa shape index (κ3) is 5.78. The molecule has 0 aliphatic carbocycles. The molecule has 1 aromatic rings. The molecule has 0 saturated heterocycles. The predicted molar refractivity (Wildman–Crippen MR) is 90.2 cm³/mol. The fraction of sp³-hybridized carbons (Fsp3) is 0.467. The van der Waals surface area contributed by atoms with Crippen LogP contribution in [0, 0.1) is 10.1 Å². The molecule has 24 heavy (non-hydrogen) atoms. The number of rotatable bonds is 11. The van der Waals surface area contributed by atoms with Crippen molar-refractivity contribution < 1.29 is 25.3 Å². The van der Waals surface area contributed by atoms with E-state index in [2.05, 4.69) is 11.9 Å². The Morgan fingerprint density at radius 3 is 2.29 bits per heavy atom. The molecule has 0 saturated carbocycles. The van der Waals surface area contributed by atoms with Crippen LogP contribution in [0.5, 0.6) is 0 Å². The summed E-state index contributed by atoms with van der Waals surface area (Å²) in [6.45, 7) is 2.80. The summed E-state index contributed by atoms with van der Waals surface area (Å²) >= 11 is 0. The lowest BCUT2D eigenvalue weighted by Crippen LogP contribution is -2.40. The number of nitrogens with one attached hydrogen (secondary N) is 1. The Hall–Kier alpha value is -2.20. The first-order valence-corrected chi connectivity index (χ1v) is 7.38. The standard InChI is InChI=1S/C15H23N3O6/c1-2-5-16-14-4-3-11(6-15(14)18(23)24)17(7-12(21)9-19)8-13(22)10-20/h2-4,6,12-13,16,19-22H,1,5,7-10H2. The first-order chi connectivity index (χ1) is 11.4. The minimum Gasteiger partial charge on any atom is -0.394 e. The van der Waals surface area contributed by atoms with Crippen LogP contribution in [0.25, 0.3) is 0 Å². The molecule has 9 nitrogen and oxygen atoms in total. The van der Waals surface area contributed by atoms with Gasteiger partial charge in [0.25, 0.3) is 5.69 Å². The third-order valence-corrected chi connectivity index (χ3v) is 3.26. The van der Waals surface area contributed by atoms with Gasteiger partial charge in [-0.25, -0.2) is 0 Å². The molecule has 0 aliphatic rings. The highest BCUT2D eigenvalue weighted by Gasteiger charge is 2.20. The van der Waals surface area contributed by atoms with Crippen molar-refractivity contribution in [3.8, 4) is 0 Å². The molecule has 0 aromatic heterocycles. The van der Waals surface area contributed by atoms with E-state index in [4.69, 9.17) is 10.2 Å². The first-order valence-electron chi connectivity index (χ1n) is 7.38. The van der Waals surface area contributed by atoms with Crippen molar-refractivity contribution in [1.29, 1.82) is 0 Å². The van der Waals surface area contributed by atoms with Gasteiger partial charge >= 0.3 is 0 Å². The van der Waals surface area contributed by atoms with Crippen molar-refractivity contribution in [3.05, 3.63) is 41.0 Å². The average molecular weight is 341 g/mol. The molecule has 134 valence electrons. The normalized spacial score (nSPS) is 13.2. The maximum absolute atomic E-state index is 11.3. The number of hydrogen-bond acceptors (Lipinski definition) is 8. The largest absolute Gasteiger partial charge is 0.394 e. The monoisotopic (exact) mass is 341 g/mol. The van der Waals surface area contributed by atoms with Crippen molar-refractivity contribution in [3.63, 3.8) is 0 Å². The lowest BCUT2D eigenvalue weighted by molar-refractivity contribution is -0.383. The van der Waals surface area contributed by atoms with Crippen LogP contribution < -0.4 is 10.2 Å². The Labute approximate surface area is 139 Å². The molecule has 9 heteroatoms. The number of nitro groups is 1.